The van der Waals surface area contributed by atoms with Crippen LogP contribution in [-0.4, -0.2) is 42.0 Å². The van der Waals surface area contributed by atoms with Crippen LogP contribution in [0.2, 0.25) is 0 Å². The first-order valence-electron chi connectivity index (χ1n) is 7.34. The molecule has 1 aromatic carbocycles. The van der Waals surface area contributed by atoms with E-state index in [0.717, 1.165) is 44.7 Å². The number of benzene rings is 1. The summed E-state index contributed by atoms with van der Waals surface area (Å²) < 4.78 is 13.8. The first-order valence-corrected chi connectivity index (χ1v) is 7.34. The van der Waals surface area contributed by atoms with Gasteiger partial charge in [-0.15, -0.1) is 0 Å². The molecule has 0 atom stereocenters. The van der Waals surface area contributed by atoms with Gasteiger partial charge in [-0.1, -0.05) is 19.1 Å². The van der Waals surface area contributed by atoms with E-state index in [1.165, 1.54) is 5.56 Å². The van der Waals surface area contributed by atoms with Crippen LogP contribution >= 0.6 is 0 Å². The van der Waals surface area contributed by atoms with Crippen LogP contribution in [0, 0.1) is 5.82 Å². The molecule has 3 heteroatoms. The Labute approximate surface area is 116 Å². The molecule has 1 heterocycles. The lowest BCUT2D eigenvalue weighted by molar-refractivity contribution is 0.103. The van der Waals surface area contributed by atoms with Gasteiger partial charge in [-0.05, 0) is 31.9 Å². The zero-order chi connectivity index (χ0) is 13.8. The highest BCUT2D eigenvalue weighted by molar-refractivity contribution is 5.25. The van der Waals surface area contributed by atoms with Gasteiger partial charge in [0.2, 0.25) is 0 Å². The maximum Gasteiger partial charge on any atom is 0.127 e. The standard InChI is InChI=1S/C16H25FN2/c1-4-14-5-6-16(17)15(11-14)12-18-7-9-19(10-8-18)13(2)3/h5-6,11,13H,4,7-10,12H2,1-3H3. The van der Waals surface area contributed by atoms with E-state index in [1.54, 1.807) is 6.07 Å². The maximum absolute atomic E-state index is 13.8. The molecule has 106 valence electrons. The molecule has 2 nitrogen and oxygen atoms in total. The molecule has 0 bridgehead atoms. The molecule has 0 unspecified atom stereocenters. The van der Waals surface area contributed by atoms with Crippen molar-refractivity contribution in [3.63, 3.8) is 0 Å². The predicted octanol–water partition coefficient (Wildman–Crippen LogP) is 2.91. The lowest BCUT2D eigenvalue weighted by Gasteiger charge is -2.37. The minimum atomic E-state index is -0.0662. The molecule has 0 N–H and O–H groups in total. The molecule has 0 aromatic heterocycles. The molecule has 0 aliphatic carbocycles. The summed E-state index contributed by atoms with van der Waals surface area (Å²) in [7, 11) is 0. The van der Waals surface area contributed by atoms with Crippen LogP contribution in [0.25, 0.3) is 0 Å². The van der Waals surface area contributed by atoms with Crippen molar-refractivity contribution in [2.45, 2.75) is 39.8 Å². The summed E-state index contributed by atoms with van der Waals surface area (Å²) in [5, 5.41) is 0. The fraction of sp³-hybridized carbons (Fsp3) is 0.625. The lowest BCUT2D eigenvalue weighted by atomic mass is 10.1. The Bertz CT molecular complexity index is 409. The Morgan fingerprint density at radius 2 is 1.84 bits per heavy atom. The first kappa shape index (κ1) is 14.5. The van der Waals surface area contributed by atoms with Crippen molar-refractivity contribution in [2.24, 2.45) is 0 Å². The second kappa shape index (κ2) is 6.49. The molecule has 0 radical (unpaired) electrons. The van der Waals surface area contributed by atoms with Crippen LogP contribution in [0.4, 0.5) is 4.39 Å². The van der Waals surface area contributed by atoms with Crippen LogP contribution in [0.1, 0.15) is 31.9 Å². The molecule has 1 saturated heterocycles. The van der Waals surface area contributed by atoms with Gasteiger partial charge in [0.25, 0.3) is 0 Å². The average molecular weight is 264 g/mol. The second-order valence-electron chi connectivity index (χ2n) is 5.69. The quantitative estimate of drug-likeness (QED) is 0.825. The molecule has 1 fully saturated rings. The molecule has 0 amide bonds. The van der Waals surface area contributed by atoms with Gasteiger partial charge in [-0.2, -0.15) is 0 Å². The van der Waals surface area contributed by atoms with Crippen LogP contribution in [0.15, 0.2) is 18.2 Å². The Morgan fingerprint density at radius 1 is 1.16 bits per heavy atom. The van der Waals surface area contributed by atoms with Gasteiger partial charge in [-0.25, -0.2) is 4.39 Å². The number of rotatable bonds is 4. The summed E-state index contributed by atoms with van der Waals surface area (Å²) in [6, 6.07) is 6.13. The van der Waals surface area contributed by atoms with Gasteiger partial charge >= 0.3 is 0 Å². The zero-order valence-electron chi connectivity index (χ0n) is 12.3. The number of halogens is 1. The summed E-state index contributed by atoms with van der Waals surface area (Å²) >= 11 is 0. The molecule has 1 aliphatic rings. The number of hydrogen-bond donors (Lipinski definition) is 0. The van der Waals surface area contributed by atoms with Crippen molar-refractivity contribution < 1.29 is 4.39 Å². The minimum Gasteiger partial charge on any atom is -0.298 e. The van der Waals surface area contributed by atoms with E-state index in [1.807, 2.05) is 12.1 Å². The third-order valence-electron chi connectivity index (χ3n) is 4.05. The number of hydrogen-bond acceptors (Lipinski definition) is 2. The van der Waals surface area contributed by atoms with Gasteiger partial charge in [-0.3, -0.25) is 9.80 Å². The van der Waals surface area contributed by atoms with Crippen LogP contribution in [0.3, 0.4) is 0 Å². The number of piperazine rings is 1. The lowest BCUT2D eigenvalue weighted by Crippen LogP contribution is -2.48. The number of nitrogens with zero attached hydrogens (tertiary/aromatic N) is 2. The molecular weight excluding hydrogens is 239 g/mol. The molecule has 0 spiro atoms. The van der Waals surface area contributed by atoms with Crippen LogP contribution < -0.4 is 0 Å². The first-order chi connectivity index (χ1) is 9.10. The van der Waals surface area contributed by atoms with Crippen molar-refractivity contribution in [1.82, 2.24) is 9.80 Å². The topological polar surface area (TPSA) is 6.48 Å². The third-order valence-corrected chi connectivity index (χ3v) is 4.05. The molecule has 1 aromatic rings. The van der Waals surface area contributed by atoms with Gasteiger partial charge in [0.1, 0.15) is 5.82 Å². The van der Waals surface area contributed by atoms with E-state index >= 15 is 0 Å². The highest BCUT2D eigenvalue weighted by atomic mass is 19.1. The van der Waals surface area contributed by atoms with Gasteiger partial charge < -0.3 is 0 Å². The van der Waals surface area contributed by atoms with Crippen LogP contribution in [0.5, 0.6) is 0 Å². The number of aryl methyl sites for hydroxylation is 1. The monoisotopic (exact) mass is 264 g/mol. The van der Waals surface area contributed by atoms with E-state index in [2.05, 4.69) is 30.6 Å². The maximum atomic E-state index is 13.8. The molecule has 19 heavy (non-hydrogen) atoms. The highest BCUT2D eigenvalue weighted by Crippen LogP contribution is 2.15. The molecule has 1 aliphatic heterocycles. The Balaban J connectivity index is 1.95. The summed E-state index contributed by atoms with van der Waals surface area (Å²) in [5.41, 5.74) is 2.06. The van der Waals surface area contributed by atoms with E-state index in [9.17, 15) is 4.39 Å². The minimum absolute atomic E-state index is 0.0662. The summed E-state index contributed by atoms with van der Waals surface area (Å²) in [5.74, 6) is -0.0662. The molecular formula is C16H25FN2. The van der Waals surface area contributed by atoms with Gasteiger partial charge in [0.15, 0.2) is 0 Å². The van der Waals surface area contributed by atoms with E-state index in [0.29, 0.717) is 6.04 Å². The highest BCUT2D eigenvalue weighted by Gasteiger charge is 2.19. The smallest absolute Gasteiger partial charge is 0.127 e. The molecule has 0 saturated carbocycles. The largest absolute Gasteiger partial charge is 0.298 e. The van der Waals surface area contributed by atoms with Crippen LogP contribution in [-0.2, 0) is 13.0 Å². The fourth-order valence-corrected chi connectivity index (χ4v) is 2.65. The second-order valence-corrected chi connectivity index (χ2v) is 5.69. The van der Waals surface area contributed by atoms with Crippen molar-refractivity contribution in [3.8, 4) is 0 Å². The van der Waals surface area contributed by atoms with E-state index in [-0.39, 0.29) is 5.82 Å². The average Bonchev–Trinajstić information content (AvgIpc) is 2.42. The van der Waals surface area contributed by atoms with Crippen molar-refractivity contribution in [3.05, 3.63) is 35.1 Å². The van der Waals surface area contributed by atoms with Crippen molar-refractivity contribution >= 4 is 0 Å². The Morgan fingerprint density at radius 3 is 2.42 bits per heavy atom. The SMILES string of the molecule is CCc1ccc(F)c(CN2CCN(C(C)C)CC2)c1. The third kappa shape index (κ3) is 3.77. The van der Waals surface area contributed by atoms with Crippen molar-refractivity contribution in [2.75, 3.05) is 26.2 Å². The summed E-state index contributed by atoms with van der Waals surface area (Å²) in [4.78, 5) is 4.84. The van der Waals surface area contributed by atoms with E-state index in [4.69, 9.17) is 0 Å². The fourth-order valence-electron chi connectivity index (χ4n) is 2.65. The normalized spacial score (nSPS) is 18.2. The van der Waals surface area contributed by atoms with Gasteiger partial charge in [0, 0.05) is 44.3 Å². The zero-order valence-corrected chi connectivity index (χ0v) is 12.3. The summed E-state index contributed by atoms with van der Waals surface area (Å²) in [6.45, 7) is 11.6. The predicted molar refractivity (Wildman–Crippen MR) is 77.8 cm³/mol. The van der Waals surface area contributed by atoms with Crippen molar-refractivity contribution in [1.29, 1.82) is 0 Å². The molecule has 2 rings (SSSR count). The van der Waals surface area contributed by atoms with Gasteiger partial charge in [0.05, 0.1) is 0 Å². The summed E-state index contributed by atoms with van der Waals surface area (Å²) in [6.07, 6.45) is 0.967. The Kier molecular flexibility index (Phi) is 4.94. The Hall–Kier alpha value is -0.930. The van der Waals surface area contributed by atoms with E-state index < -0.39 is 0 Å².